The minimum Gasteiger partial charge on any atom is -0.434 e. The molecule has 6 heteroatoms. The molecule has 2 rings (SSSR count). The highest BCUT2D eigenvalue weighted by Gasteiger charge is 2.18. The zero-order valence-electron chi connectivity index (χ0n) is 26.0. The maximum Gasteiger partial charge on any atom is 0.513 e. The van der Waals surface area contributed by atoms with Crippen LogP contribution in [0.15, 0.2) is 30.3 Å². The Bertz CT molecular complexity index is 1000. The van der Waals surface area contributed by atoms with Gasteiger partial charge in [0.15, 0.2) is 0 Å². The summed E-state index contributed by atoms with van der Waals surface area (Å²) in [4.78, 5) is 24.8. The van der Waals surface area contributed by atoms with E-state index in [1.165, 1.54) is 77.0 Å². The summed E-state index contributed by atoms with van der Waals surface area (Å²) in [6, 6.07) is 9.08. The van der Waals surface area contributed by atoms with Crippen molar-refractivity contribution in [3.05, 3.63) is 35.9 Å². The fraction of sp³-hybridized carbons (Fsp3) is 0.657. The minimum absolute atomic E-state index is 0.345. The van der Waals surface area contributed by atoms with E-state index in [1.807, 2.05) is 31.2 Å². The molecule has 0 amide bonds. The largest absolute Gasteiger partial charge is 0.513 e. The molecule has 0 radical (unpaired) electrons. The van der Waals surface area contributed by atoms with Gasteiger partial charge in [-0.05, 0) is 31.4 Å². The summed E-state index contributed by atoms with van der Waals surface area (Å²) in [5.74, 6) is 0.790. The highest BCUT2D eigenvalue weighted by Crippen LogP contribution is 2.37. The fourth-order valence-corrected chi connectivity index (χ4v) is 5.04. The van der Waals surface area contributed by atoms with E-state index in [2.05, 4.69) is 13.8 Å². The first-order valence-corrected chi connectivity index (χ1v) is 16.3. The van der Waals surface area contributed by atoms with Gasteiger partial charge in [-0.2, -0.15) is 0 Å². The van der Waals surface area contributed by atoms with Crippen LogP contribution in [0.25, 0.3) is 10.8 Å². The highest BCUT2D eigenvalue weighted by molar-refractivity contribution is 5.96. The van der Waals surface area contributed by atoms with Gasteiger partial charge in [0.25, 0.3) is 0 Å². The molecule has 6 nitrogen and oxygen atoms in total. The second kappa shape index (κ2) is 21.9. The molecule has 2 aromatic carbocycles. The average Bonchev–Trinajstić information content (AvgIpc) is 2.97. The van der Waals surface area contributed by atoms with E-state index in [-0.39, 0.29) is 0 Å². The molecule has 0 unspecified atom stereocenters. The number of fused-ring (bicyclic) bond motifs is 1. The Labute approximate surface area is 248 Å². The third kappa shape index (κ3) is 14.6. The number of carbonyl (C=O) groups is 2. The van der Waals surface area contributed by atoms with Crippen molar-refractivity contribution >= 4 is 23.1 Å². The molecular formula is C35H54O6. The van der Waals surface area contributed by atoms with Crippen LogP contribution in [0.3, 0.4) is 0 Å². The number of ether oxygens (including phenoxy) is 4. The molecule has 2 aromatic rings. The summed E-state index contributed by atoms with van der Waals surface area (Å²) in [6.07, 6.45) is 20.2. The lowest BCUT2D eigenvalue weighted by Crippen LogP contribution is -2.14. The predicted octanol–water partition coefficient (Wildman–Crippen LogP) is 11.2. The first-order chi connectivity index (χ1) is 20.1. The molecule has 0 bridgehead atoms. The Morgan fingerprint density at radius 2 is 0.976 bits per heavy atom. The van der Waals surface area contributed by atoms with Gasteiger partial charge in [0.2, 0.25) is 0 Å². The van der Waals surface area contributed by atoms with Crippen LogP contribution in [0, 0.1) is 6.92 Å². The third-order valence-electron chi connectivity index (χ3n) is 7.46. The average molecular weight is 571 g/mol. The minimum atomic E-state index is -0.719. The second-order valence-corrected chi connectivity index (χ2v) is 11.1. The van der Waals surface area contributed by atoms with E-state index < -0.39 is 12.3 Å². The van der Waals surface area contributed by atoms with Gasteiger partial charge in [0.05, 0.1) is 13.2 Å². The first-order valence-electron chi connectivity index (χ1n) is 16.3. The van der Waals surface area contributed by atoms with Gasteiger partial charge in [-0.1, -0.05) is 141 Å². The van der Waals surface area contributed by atoms with Gasteiger partial charge in [0, 0.05) is 10.8 Å². The summed E-state index contributed by atoms with van der Waals surface area (Å²) >= 11 is 0. The number of benzene rings is 2. The Morgan fingerprint density at radius 3 is 1.46 bits per heavy atom. The summed E-state index contributed by atoms with van der Waals surface area (Å²) in [5.41, 5.74) is 0.672. The SMILES string of the molecule is CCCCCCCCCCCOC(=O)Oc1cc(C)c(OC(=O)OCCCCCCCCCCC)c2ccccc12. The molecule has 230 valence electrons. The van der Waals surface area contributed by atoms with Crippen LogP contribution in [0.1, 0.15) is 135 Å². The van der Waals surface area contributed by atoms with Crippen molar-refractivity contribution in [3.8, 4) is 11.5 Å². The lowest BCUT2D eigenvalue weighted by atomic mass is 10.0. The third-order valence-corrected chi connectivity index (χ3v) is 7.46. The molecule has 0 aliphatic carbocycles. The van der Waals surface area contributed by atoms with Crippen LogP contribution in [-0.2, 0) is 9.47 Å². The number of hydrogen-bond acceptors (Lipinski definition) is 6. The van der Waals surface area contributed by atoms with Crippen molar-refractivity contribution in [1.82, 2.24) is 0 Å². The van der Waals surface area contributed by atoms with Crippen molar-refractivity contribution in [2.45, 2.75) is 136 Å². The lowest BCUT2D eigenvalue weighted by Gasteiger charge is -2.14. The number of carbonyl (C=O) groups excluding carboxylic acids is 2. The highest BCUT2D eigenvalue weighted by atomic mass is 16.7. The summed E-state index contributed by atoms with van der Waals surface area (Å²) in [6.45, 7) is 6.97. The molecule has 0 aliphatic heterocycles. The topological polar surface area (TPSA) is 71.1 Å². The monoisotopic (exact) mass is 570 g/mol. The predicted molar refractivity (Wildman–Crippen MR) is 167 cm³/mol. The smallest absolute Gasteiger partial charge is 0.434 e. The van der Waals surface area contributed by atoms with Gasteiger partial charge in [-0.25, -0.2) is 9.59 Å². The number of aryl methyl sites for hydroxylation is 1. The van der Waals surface area contributed by atoms with E-state index in [4.69, 9.17) is 18.9 Å². The van der Waals surface area contributed by atoms with Crippen LogP contribution in [0.2, 0.25) is 0 Å². The Morgan fingerprint density at radius 1 is 0.561 bits per heavy atom. The zero-order valence-corrected chi connectivity index (χ0v) is 26.0. The molecule has 0 aromatic heterocycles. The second-order valence-electron chi connectivity index (χ2n) is 11.1. The number of hydrogen-bond donors (Lipinski definition) is 0. The van der Waals surface area contributed by atoms with Crippen molar-refractivity contribution < 1.29 is 28.5 Å². The molecule has 0 N–H and O–H groups in total. The summed E-state index contributed by atoms with van der Waals surface area (Å²) in [7, 11) is 0. The molecule has 0 heterocycles. The van der Waals surface area contributed by atoms with Gasteiger partial charge in [0.1, 0.15) is 11.5 Å². The van der Waals surface area contributed by atoms with Gasteiger partial charge >= 0.3 is 12.3 Å². The summed E-state index contributed by atoms with van der Waals surface area (Å²) in [5, 5.41) is 1.34. The van der Waals surface area contributed by atoms with E-state index in [1.54, 1.807) is 6.07 Å². The fourth-order valence-electron chi connectivity index (χ4n) is 5.04. The molecule has 0 atom stereocenters. The molecule has 0 fully saturated rings. The number of unbranched alkanes of at least 4 members (excludes halogenated alkanes) is 16. The maximum atomic E-state index is 12.4. The van der Waals surface area contributed by atoms with E-state index in [9.17, 15) is 9.59 Å². The van der Waals surface area contributed by atoms with Crippen molar-refractivity contribution in [2.24, 2.45) is 0 Å². The molecule has 0 aliphatic rings. The van der Waals surface area contributed by atoms with Gasteiger partial charge < -0.3 is 18.9 Å². The van der Waals surface area contributed by atoms with Crippen LogP contribution in [0.5, 0.6) is 11.5 Å². The molecule has 0 saturated carbocycles. The van der Waals surface area contributed by atoms with Crippen molar-refractivity contribution in [2.75, 3.05) is 13.2 Å². The molecule has 41 heavy (non-hydrogen) atoms. The number of rotatable bonds is 22. The van der Waals surface area contributed by atoms with Crippen LogP contribution >= 0.6 is 0 Å². The standard InChI is InChI=1S/C35H54O6/c1-4-6-8-10-12-14-16-18-22-26-38-34(36)40-32-28-29(3)33(31-25-21-20-24-30(31)32)41-35(37)39-27-23-19-17-15-13-11-9-7-5-2/h20-21,24-25,28H,4-19,22-23,26-27H2,1-3H3. The van der Waals surface area contributed by atoms with E-state index in [0.29, 0.717) is 41.0 Å². The molecule has 0 saturated heterocycles. The molecule has 0 spiro atoms. The Kier molecular flexibility index (Phi) is 18.4. The molecular weight excluding hydrogens is 516 g/mol. The first kappa shape index (κ1) is 34.4. The lowest BCUT2D eigenvalue weighted by molar-refractivity contribution is 0.0956. The van der Waals surface area contributed by atoms with Crippen molar-refractivity contribution in [3.63, 3.8) is 0 Å². The van der Waals surface area contributed by atoms with Gasteiger partial charge in [-0.15, -0.1) is 0 Å². The van der Waals surface area contributed by atoms with Gasteiger partial charge in [-0.3, -0.25) is 0 Å². The van der Waals surface area contributed by atoms with Crippen molar-refractivity contribution in [1.29, 1.82) is 0 Å². The van der Waals surface area contributed by atoms with Crippen LogP contribution < -0.4 is 9.47 Å². The maximum absolute atomic E-state index is 12.4. The van der Waals surface area contributed by atoms with E-state index >= 15 is 0 Å². The zero-order chi connectivity index (χ0) is 29.5. The summed E-state index contributed by atoms with van der Waals surface area (Å²) < 4.78 is 21.8. The Hall–Kier alpha value is -2.76. The normalized spacial score (nSPS) is 11.0. The van der Waals surface area contributed by atoms with Crippen LogP contribution in [-0.4, -0.2) is 25.5 Å². The Balaban J connectivity index is 1.74. The quantitative estimate of drug-likeness (QED) is 0.0796. The van der Waals surface area contributed by atoms with E-state index in [0.717, 1.165) is 38.5 Å². The van der Waals surface area contributed by atoms with Crippen LogP contribution in [0.4, 0.5) is 9.59 Å².